The molecule has 3 saturated heterocycles. The lowest BCUT2D eigenvalue weighted by atomic mass is 9.74. The number of pyridine rings is 1. The largest absolute Gasteiger partial charge is 1.00 e. The number of amides is 1. The third-order valence-electron chi connectivity index (χ3n) is 8.61. The van der Waals surface area contributed by atoms with Gasteiger partial charge in [0.15, 0.2) is 12.6 Å². The molecule has 4 aliphatic rings. The molecule has 3 aliphatic heterocycles. The molecule has 1 amide bonds. The summed E-state index contributed by atoms with van der Waals surface area (Å²) in [5, 5.41) is 11.8. The van der Waals surface area contributed by atoms with Crippen molar-refractivity contribution in [3.05, 3.63) is 59.8 Å². The molecule has 8 heteroatoms. The van der Waals surface area contributed by atoms with Gasteiger partial charge in [-0.1, -0.05) is 56.0 Å². The van der Waals surface area contributed by atoms with Gasteiger partial charge in [-0.05, 0) is 30.5 Å². The van der Waals surface area contributed by atoms with Crippen LogP contribution in [0, 0.1) is 17.2 Å². The first kappa shape index (κ1) is 27.1. The van der Waals surface area contributed by atoms with Crippen LogP contribution in [0.4, 0.5) is 5.82 Å². The van der Waals surface area contributed by atoms with Crippen molar-refractivity contribution in [3.8, 4) is 6.07 Å². The van der Waals surface area contributed by atoms with Crippen LogP contribution in [-0.2, 0) is 19.7 Å². The number of carbonyl (C=O) groups excluding carboxylic acids is 2. The van der Waals surface area contributed by atoms with Gasteiger partial charge in [-0.2, -0.15) is 5.26 Å². The fourth-order valence-corrected chi connectivity index (χ4v) is 6.55. The Balaban J connectivity index is 0.00000320. The van der Waals surface area contributed by atoms with Crippen molar-refractivity contribution in [3.63, 3.8) is 0 Å². The van der Waals surface area contributed by atoms with Crippen LogP contribution in [-0.4, -0.2) is 53.6 Å². The lowest BCUT2D eigenvalue weighted by Crippen LogP contribution is -3.00. The molecule has 0 unspecified atom stereocenters. The SMILES string of the molecule is N#Cc1ccc(NC(=O)C[N+]23CCC(CC2)[C@@H](OC(=O)C2(c4ccccc4)CCCCCC2)C3)nc1.[Cl-]. The summed E-state index contributed by atoms with van der Waals surface area (Å²) in [7, 11) is 0. The molecule has 7 nitrogen and oxygen atoms in total. The Kier molecular flexibility index (Phi) is 8.51. The van der Waals surface area contributed by atoms with Gasteiger partial charge in [-0.3, -0.25) is 9.59 Å². The van der Waals surface area contributed by atoms with Crippen molar-refractivity contribution >= 4 is 17.7 Å². The van der Waals surface area contributed by atoms with Crippen LogP contribution in [0.2, 0.25) is 0 Å². The van der Waals surface area contributed by atoms with E-state index in [1.807, 2.05) is 24.3 Å². The molecule has 1 aliphatic carbocycles. The molecule has 6 rings (SSSR count). The molecule has 1 aromatic carbocycles. The molecule has 1 atom stereocenters. The third-order valence-corrected chi connectivity index (χ3v) is 8.61. The molecule has 0 spiro atoms. The van der Waals surface area contributed by atoms with Gasteiger partial charge >= 0.3 is 5.97 Å². The number of hydrogen-bond acceptors (Lipinski definition) is 5. The number of quaternary nitrogens is 1. The van der Waals surface area contributed by atoms with Crippen molar-refractivity contribution < 1.29 is 31.2 Å². The van der Waals surface area contributed by atoms with E-state index in [-0.39, 0.29) is 30.4 Å². The van der Waals surface area contributed by atoms with E-state index in [1.54, 1.807) is 12.1 Å². The van der Waals surface area contributed by atoms with E-state index in [1.165, 1.54) is 6.20 Å². The Bertz CT molecular complexity index is 1120. The highest BCUT2D eigenvalue weighted by atomic mass is 35.5. The zero-order valence-corrected chi connectivity index (χ0v) is 22.0. The lowest BCUT2D eigenvalue weighted by molar-refractivity contribution is -0.939. The number of carbonyl (C=O) groups is 2. The number of fused-ring (bicyclic) bond motifs is 3. The number of rotatable bonds is 6. The normalized spacial score (nSPS) is 26.1. The topological polar surface area (TPSA) is 92.1 Å². The van der Waals surface area contributed by atoms with E-state index in [9.17, 15) is 9.59 Å². The average molecular weight is 523 g/mol. The predicted octanol–water partition coefficient (Wildman–Crippen LogP) is 1.34. The summed E-state index contributed by atoms with van der Waals surface area (Å²) >= 11 is 0. The predicted molar refractivity (Wildman–Crippen MR) is 136 cm³/mol. The highest BCUT2D eigenvalue weighted by molar-refractivity contribution is 5.90. The lowest BCUT2D eigenvalue weighted by Gasteiger charge is -2.52. The zero-order valence-electron chi connectivity index (χ0n) is 21.2. The van der Waals surface area contributed by atoms with E-state index in [4.69, 9.17) is 10.00 Å². The van der Waals surface area contributed by atoms with Crippen molar-refractivity contribution in [1.82, 2.24) is 4.98 Å². The van der Waals surface area contributed by atoms with Crippen LogP contribution in [0.5, 0.6) is 0 Å². The Morgan fingerprint density at radius 3 is 2.38 bits per heavy atom. The van der Waals surface area contributed by atoms with Gasteiger partial charge in [-0.25, -0.2) is 4.98 Å². The van der Waals surface area contributed by atoms with Crippen molar-refractivity contribution in [2.24, 2.45) is 5.92 Å². The van der Waals surface area contributed by atoms with Crippen LogP contribution in [0.3, 0.4) is 0 Å². The minimum Gasteiger partial charge on any atom is -1.00 e. The second kappa shape index (κ2) is 11.6. The number of nitriles is 1. The summed E-state index contributed by atoms with van der Waals surface area (Å²) in [6, 6.07) is 15.5. The van der Waals surface area contributed by atoms with Crippen molar-refractivity contribution in [2.45, 2.75) is 62.9 Å². The summed E-state index contributed by atoms with van der Waals surface area (Å²) in [6.07, 6.45) is 9.35. The van der Waals surface area contributed by atoms with Gasteiger partial charge in [0.25, 0.3) is 5.91 Å². The zero-order chi connectivity index (χ0) is 25.0. The summed E-state index contributed by atoms with van der Waals surface area (Å²) in [5.74, 6) is 0.655. The fourth-order valence-electron chi connectivity index (χ4n) is 6.55. The van der Waals surface area contributed by atoms with Crippen LogP contribution in [0.1, 0.15) is 62.5 Å². The van der Waals surface area contributed by atoms with Gasteiger partial charge in [0, 0.05) is 25.0 Å². The van der Waals surface area contributed by atoms with Gasteiger partial charge in [0.05, 0.1) is 24.1 Å². The molecule has 1 N–H and O–H groups in total. The first-order chi connectivity index (χ1) is 17.5. The summed E-state index contributed by atoms with van der Waals surface area (Å²) in [6.45, 7) is 2.88. The minimum atomic E-state index is -0.562. The summed E-state index contributed by atoms with van der Waals surface area (Å²) < 4.78 is 7.05. The van der Waals surface area contributed by atoms with E-state index in [2.05, 4.69) is 22.4 Å². The molecule has 37 heavy (non-hydrogen) atoms. The summed E-state index contributed by atoms with van der Waals surface area (Å²) in [4.78, 5) is 31.0. The monoisotopic (exact) mass is 522 g/mol. The van der Waals surface area contributed by atoms with Gasteiger partial charge in [0.1, 0.15) is 18.4 Å². The molecule has 1 saturated carbocycles. The first-order valence-electron chi connectivity index (χ1n) is 13.3. The van der Waals surface area contributed by atoms with Gasteiger partial charge < -0.3 is 26.9 Å². The maximum atomic E-state index is 13.9. The van der Waals surface area contributed by atoms with Gasteiger partial charge in [-0.15, -0.1) is 0 Å². The van der Waals surface area contributed by atoms with Crippen LogP contribution >= 0.6 is 0 Å². The number of esters is 1. The fraction of sp³-hybridized carbons (Fsp3) is 0.517. The molecular weight excluding hydrogens is 488 g/mol. The number of nitrogens with one attached hydrogen (secondary N) is 1. The van der Waals surface area contributed by atoms with E-state index in [0.29, 0.717) is 34.9 Å². The number of nitrogens with zero attached hydrogens (tertiary/aromatic N) is 3. The van der Waals surface area contributed by atoms with E-state index in [0.717, 1.165) is 70.0 Å². The van der Waals surface area contributed by atoms with E-state index >= 15 is 0 Å². The van der Waals surface area contributed by atoms with Crippen molar-refractivity contribution in [2.75, 3.05) is 31.5 Å². The first-order valence-corrected chi connectivity index (χ1v) is 13.3. The molecule has 0 radical (unpaired) electrons. The number of ether oxygens (including phenoxy) is 1. The number of piperidine rings is 3. The minimum absolute atomic E-state index is 0. The quantitative estimate of drug-likeness (QED) is 0.351. The molecule has 4 fully saturated rings. The van der Waals surface area contributed by atoms with Gasteiger partial charge in [0.2, 0.25) is 0 Å². The molecule has 2 bridgehead atoms. The van der Waals surface area contributed by atoms with E-state index < -0.39 is 5.41 Å². The maximum absolute atomic E-state index is 13.9. The standard InChI is InChI=1S/C29H34N4O3.ClH/c30-18-22-10-11-26(31-19-22)32-27(34)21-33-16-12-23(13-17-33)25(20-33)36-28(35)29(14-6-1-2-7-15-29)24-8-4-3-5-9-24;/h3-5,8-11,19,23,25H,1-2,6-7,12-17,20-21H2;1H/t23?,25-,33?;/m0./s1. The highest BCUT2D eigenvalue weighted by Crippen LogP contribution is 2.42. The number of benzene rings is 1. The Morgan fingerprint density at radius 1 is 1.05 bits per heavy atom. The Hall–Kier alpha value is -2.95. The second-order valence-corrected chi connectivity index (χ2v) is 10.9. The Labute approximate surface area is 225 Å². The second-order valence-electron chi connectivity index (χ2n) is 10.9. The average Bonchev–Trinajstić information content (AvgIpc) is 3.17. The summed E-state index contributed by atoms with van der Waals surface area (Å²) in [5.41, 5.74) is 0.976. The Morgan fingerprint density at radius 2 is 1.76 bits per heavy atom. The molecular formula is C29H35ClN4O3. The molecule has 196 valence electrons. The van der Waals surface area contributed by atoms with Crippen LogP contribution in [0.15, 0.2) is 48.7 Å². The molecule has 2 aromatic rings. The van der Waals surface area contributed by atoms with Crippen LogP contribution < -0.4 is 17.7 Å². The smallest absolute Gasteiger partial charge is 0.317 e. The number of halogens is 1. The molecule has 1 aromatic heterocycles. The maximum Gasteiger partial charge on any atom is 0.317 e. The molecule has 4 heterocycles. The number of aromatic nitrogens is 1. The van der Waals surface area contributed by atoms with Crippen LogP contribution in [0.25, 0.3) is 0 Å². The third kappa shape index (κ3) is 5.81. The highest BCUT2D eigenvalue weighted by Gasteiger charge is 2.51. The van der Waals surface area contributed by atoms with Crippen molar-refractivity contribution in [1.29, 1.82) is 5.26 Å². The number of anilines is 1. The number of hydrogen-bond donors (Lipinski definition) is 1.